The van der Waals surface area contributed by atoms with Gasteiger partial charge in [0.1, 0.15) is 28.7 Å². The Morgan fingerprint density at radius 2 is 1.06 bits per heavy atom. The van der Waals surface area contributed by atoms with Crippen molar-refractivity contribution in [2.45, 2.75) is 11.3 Å². The molecular formula is C30H25O3P. The summed E-state index contributed by atoms with van der Waals surface area (Å²) in [4.78, 5) is 0. The molecule has 0 aliphatic heterocycles. The Hall–Kier alpha value is -3.81. The average Bonchev–Trinajstić information content (AvgIpc) is 2.88. The van der Waals surface area contributed by atoms with Gasteiger partial charge in [-0.2, -0.15) is 0 Å². The highest BCUT2D eigenvalue weighted by Crippen LogP contribution is 2.49. The van der Waals surface area contributed by atoms with Crippen LogP contribution in [0.25, 0.3) is 0 Å². The predicted molar refractivity (Wildman–Crippen MR) is 140 cm³/mol. The van der Waals surface area contributed by atoms with Crippen molar-refractivity contribution in [3.8, 4) is 28.7 Å². The van der Waals surface area contributed by atoms with Crippen molar-refractivity contribution >= 4 is 9.24 Å². The second-order valence-corrected chi connectivity index (χ2v) is 8.66. The zero-order valence-electron chi connectivity index (χ0n) is 18.6. The molecule has 0 amide bonds. The first kappa shape index (κ1) is 22.0. The van der Waals surface area contributed by atoms with E-state index in [0.29, 0.717) is 11.5 Å². The lowest BCUT2D eigenvalue weighted by Crippen LogP contribution is -2.40. The quantitative estimate of drug-likeness (QED) is 0.260. The van der Waals surface area contributed by atoms with E-state index in [9.17, 15) is 0 Å². The van der Waals surface area contributed by atoms with E-state index in [0.717, 1.165) is 22.8 Å². The molecule has 0 saturated heterocycles. The fraction of sp³-hybridized carbons (Fsp3) is 0.0667. The summed E-state index contributed by atoms with van der Waals surface area (Å²) in [7, 11) is 2.91. The molecule has 0 bridgehead atoms. The molecular weight excluding hydrogens is 439 g/mol. The molecule has 0 fully saturated rings. The summed E-state index contributed by atoms with van der Waals surface area (Å²) in [5.41, 5.74) is -0.139. The van der Waals surface area contributed by atoms with Gasteiger partial charge in [-0.15, -0.1) is 9.24 Å². The maximum Gasteiger partial charge on any atom is 0.169 e. The van der Waals surface area contributed by atoms with Gasteiger partial charge in [0.05, 0.1) is 5.56 Å². The molecule has 0 spiro atoms. The van der Waals surface area contributed by atoms with Crippen LogP contribution in [0.1, 0.15) is 5.56 Å². The van der Waals surface area contributed by atoms with Crippen molar-refractivity contribution in [1.29, 1.82) is 0 Å². The van der Waals surface area contributed by atoms with E-state index in [1.54, 1.807) is 0 Å². The summed E-state index contributed by atoms with van der Waals surface area (Å²) in [6, 6.07) is 35.2. The Balaban J connectivity index is 1.69. The molecule has 5 rings (SSSR count). The van der Waals surface area contributed by atoms with Gasteiger partial charge in [0.15, 0.2) is 5.60 Å². The normalized spacial score (nSPS) is 18.9. The zero-order chi connectivity index (χ0) is 23.2. The number of hydrogen-bond donors (Lipinski definition) is 0. The summed E-state index contributed by atoms with van der Waals surface area (Å²) in [6.45, 7) is 0. The van der Waals surface area contributed by atoms with Crippen molar-refractivity contribution < 1.29 is 14.2 Å². The van der Waals surface area contributed by atoms with Crippen LogP contribution >= 0.6 is 9.24 Å². The van der Waals surface area contributed by atoms with Gasteiger partial charge in [0.2, 0.25) is 0 Å². The standard InChI is InChI=1S/C30H25O3P/c34-28-21-10-11-22-30(28,33-25-17-8-3-9-18-25)29-26(31-23-13-4-1-5-14-23)19-12-20-27(29)32-24-15-6-2-7-16-24/h1-22,28H,34H2. The third-order valence-electron chi connectivity index (χ3n) is 5.62. The number of ether oxygens (including phenoxy) is 3. The van der Waals surface area contributed by atoms with Crippen LogP contribution in [0, 0.1) is 0 Å². The van der Waals surface area contributed by atoms with Crippen LogP contribution in [0.4, 0.5) is 0 Å². The van der Waals surface area contributed by atoms with Gasteiger partial charge >= 0.3 is 0 Å². The lowest BCUT2D eigenvalue weighted by Gasteiger charge is -2.39. The minimum atomic E-state index is -0.879. The van der Waals surface area contributed by atoms with Gasteiger partial charge in [-0.3, -0.25) is 0 Å². The van der Waals surface area contributed by atoms with E-state index in [1.165, 1.54) is 0 Å². The fourth-order valence-corrected chi connectivity index (χ4v) is 4.49. The van der Waals surface area contributed by atoms with E-state index < -0.39 is 5.60 Å². The van der Waals surface area contributed by atoms with E-state index in [-0.39, 0.29) is 5.66 Å². The first-order chi connectivity index (χ1) is 16.7. The molecule has 3 atom stereocenters. The third-order valence-corrected chi connectivity index (χ3v) is 6.34. The molecule has 34 heavy (non-hydrogen) atoms. The van der Waals surface area contributed by atoms with Crippen LogP contribution in [0.15, 0.2) is 133 Å². The number of hydrogen-bond acceptors (Lipinski definition) is 3. The van der Waals surface area contributed by atoms with E-state index in [2.05, 4.69) is 21.4 Å². The first-order valence-electron chi connectivity index (χ1n) is 11.2. The highest BCUT2D eigenvalue weighted by molar-refractivity contribution is 7.18. The highest BCUT2D eigenvalue weighted by Gasteiger charge is 2.43. The lowest BCUT2D eigenvalue weighted by molar-refractivity contribution is 0.121. The number of benzene rings is 4. The SMILES string of the molecule is PC1C=CC=CC1(Oc1ccccc1)c1c(Oc2ccccc2)cccc1Oc1ccccc1. The molecule has 3 nitrogen and oxygen atoms in total. The summed E-state index contributed by atoms with van der Waals surface area (Å²) >= 11 is 0. The van der Waals surface area contributed by atoms with Gasteiger partial charge in [-0.1, -0.05) is 78.9 Å². The van der Waals surface area contributed by atoms with Crippen LogP contribution in [-0.4, -0.2) is 5.66 Å². The number of rotatable bonds is 7. The van der Waals surface area contributed by atoms with Crippen molar-refractivity contribution in [2.24, 2.45) is 0 Å². The monoisotopic (exact) mass is 464 g/mol. The summed E-state index contributed by atoms with van der Waals surface area (Å²) in [5, 5.41) is 0. The topological polar surface area (TPSA) is 27.7 Å². The van der Waals surface area contributed by atoms with E-state index >= 15 is 0 Å². The smallest absolute Gasteiger partial charge is 0.169 e. The molecule has 0 heterocycles. The minimum Gasteiger partial charge on any atom is -0.477 e. The van der Waals surface area contributed by atoms with E-state index in [1.807, 2.05) is 121 Å². The largest absolute Gasteiger partial charge is 0.477 e. The molecule has 0 aromatic heterocycles. The van der Waals surface area contributed by atoms with Gasteiger partial charge in [-0.25, -0.2) is 0 Å². The maximum atomic E-state index is 6.78. The average molecular weight is 465 g/mol. The van der Waals surface area contributed by atoms with Crippen molar-refractivity contribution in [2.75, 3.05) is 0 Å². The Kier molecular flexibility index (Phi) is 6.46. The minimum absolute atomic E-state index is 0.0728. The van der Waals surface area contributed by atoms with Crippen molar-refractivity contribution in [1.82, 2.24) is 0 Å². The highest BCUT2D eigenvalue weighted by atomic mass is 31.0. The van der Waals surface area contributed by atoms with Crippen LogP contribution in [0.5, 0.6) is 28.7 Å². The second-order valence-electron chi connectivity index (χ2n) is 7.94. The fourth-order valence-electron chi connectivity index (χ4n) is 4.02. The third kappa shape index (κ3) is 4.62. The Morgan fingerprint density at radius 3 is 1.56 bits per heavy atom. The molecule has 4 aromatic rings. The number of allylic oxidation sites excluding steroid dienone is 2. The molecule has 1 aliphatic rings. The molecule has 4 heteroatoms. The molecule has 3 unspecified atom stereocenters. The van der Waals surface area contributed by atoms with Crippen LogP contribution in [0.3, 0.4) is 0 Å². The Morgan fingerprint density at radius 1 is 0.559 bits per heavy atom. The zero-order valence-corrected chi connectivity index (χ0v) is 19.7. The second kappa shape index (κ2) is 9.99. The van der Waals surface area contributed by atoms with Crippen LogP contribution in [-0.2, 0) is 5.60 Å². The summed E-state index contributed by atoms with van der Waals surface area (Å²) in [6.07, 6.45) is 8.22. The summed E-state index contributed by atoms with van der Waals surface area (Å²) in [5.74, 6) is 3.58. The molecule has 1 aliphatic carbocycles. The number of para-hydroxylation sites is 3. The lowest BCUT2D eigenvalue weighted by atomic mass is 9.85. The van der Waals surface area contributed by atoms with Gasteiger partial charge < -0.3 is 14.2 Å². The van der Waals surface area contributed by atoms with Crippen molar-refractivity contribution in [3.05, 3.63) is 139 Å². The van der Waals surface area contributed by atoms with E-state index in [4.69, 9.17) is 14.2 Å². The molecule has 4 aromatic carbocycles. The van der Waals surface area contributed by atoms with Crippen LogP contribution in [0.2, 0.25) is 0 Å². The summed E-state index contributed by atoms with van der Waals surface area (Å²) < 4.78 is 19.6. The Labute approximate surface area is 202 Å². The Bertz CT molecular complexity index is 1230. The van der Waals surface area contributed by atoms with Gasteiger partial charge in [0, 0.05) is 5.66 Å². The van der Waals surface area contributed by atoms with Crippen molar-refractivity contribution in [3.63, 3.8) is 0 Å². The first-order valence-corrected chi connectivity index (χ1v) is 11.9. The predicted octanol–water partition coefficient (Wildman–Crippen LogP) is 7.92. The molecule has 0 N–H and O–H groups in total. The molecule has 168 valence electrons. The van der Waals surface area contributed by atoms with Gasteiger partial charge in [0.25, 0.3) is 0 Å². The molecule has 0 saturated carbocycles. The molecule has 0 radical (unpaired) electrons. The van der Waals surface area contributed by atoms with Gasteiger partial charge in [-0.05, 0) is 54.6 Å². The van der Waals surface area contributed by atoms with Crippen LogP contribution < -0.4 is 14.2 Å². The maximum absolute atomic E-state index is 6.78.